The Morgan fingerprint density at radius 2 is 2.14 bits per heavy atom. The van der Waals surface area contributed by atoms with Crippen LogP contribution in [0.1, 0.15) is 47.0 Å². The van der Waals surface area contributed by atoms with E-state index in [0.29, 0.717) is 5.92 Å². The average molecular weight is 291 g/mol. The van der Waals surface area contributed by atoms with Gasteiger partial charge in [0, 0.05) is 5.92 Å². The molecule has 4 heteroatoms. The Morgan fingerprint density at radius 3 is 2.76 bits per heavy atom. The predicted molar refractivity (Wildman–Crippen MR) is 81.9 cm³/mol. The van der Waals surface area contributed by atoms with E-state index in [9.17, 15) is 9.59 Å². The Kier molecular flexibility index (Phi) is 4.55. The number of fused-ring (bicyclic) bond motifs is 1. The molecular weight excluding hydrogens is 266 g/mol. The number of carbonyl (C=O) groups excluding carboxylic acids is 2. The quantitative estimate of drug-likeness (QED) is 0.793. The second-order valence-corrected chi connectivity index (χ2v) is 7.02. The lowest BCUT2D eigenvalue weighted by molar-refractivity contribution is -0.110. The zero-order chi connectivity index (χ0) is 15.6. The largest absolute Gasteiger partial charge is 0.444 e. The standard InChI is InChI=1S/C17H25NO3/c1-11-5-7-14-12(9-13(11)10-19)6-8-15(14)18-16(20)21-17(2,3)4/h7,9-11,13,15H,5-6,8H2,1-4H3,(H,18,20). The molecule has 0 radical (unpaired) electrons. The second kappa shape index (κ2) is 6.04. The van der Waals surface area contributed by atoms with E-state index in [-0.39, 0.29) is 18.1 Å². The van der Waals surface area contributed by atoms with Gasteiger partial charge in [0.2, 0.25) is 0 Å². The minimum atomic E-state index is -0.490. The fraction of sp³-hybridized carbons (Fsp3) is 0.647. The van der Waals surface area contributed by atoms with Gasteiger partial charge in [-0.2, -0.15) is 0 Å². The molecule has 4 nitrogen and oxygen atoms in total. The van der Waals surface area contributed by atoms with Gasteiger partial charge in [0.05, 0.1) is 6.04 Å². The van der Waals surface area contributed by atoms with E-state index in [1.807, 2.05) is 20.8 Å². The number of carbonyl (C=O) groups is 2. The Morgan fingerprint density at radius 1 is 1.43 bits per heavy atom. The number of allylic oxidation sites excluding steroid dienone is 2. The summed E-state index contributed by atoms with van der Waals surface area (Å²) >= 11 is 0. The predicted octanol–water partition coefficient (Wildman–Crippen LogP) is 3.38. The fourth-order valence-electron chi connectivity index (χ4n) is 2.92. The number of rotatable bonds is 2. The SMILES string of the molecule is CC1CC=C2C(=CC1C=O)CCC2NC(=O)OC(C)(C)C. The van der Waals surface area contributed by atoms with Crippen LogP contribution < -0.4 is 5.32 Å². The van der Waals surface area contributed by atoms with Gasteiger partial charge in [-0.1, -0.05) is 19.1 Å². The zero-order valence-corrected chi connectivity index (χ0v) is 13.3. The summed E-state index contributed by atoms with van der Waals surface area (Å²) in [7, 11) is 0. The molecule has 3 unspecified atom stereocenters. The molecule has 0 bridgehead atoms. The Labute approximate surface area is 126 Å². The molecule has 0 heterocycles. The molecule has 2 aliphatic carbocycles. The molecule has 1 saturated carbocycles. The fourth-order valence-corrected chi connectivity index (χ4v) is 2.92. The highest BCUT2D eigenvalue weighted by Crippen LogP contribution is 2.36. The van der Waals surface area contributed by atoms with Crippen molar-refractivity contribution >= 4 is 12.4 Å². The van der Waals surface area contributed by atoms with Crippen molar-refractivity contribution < 1.29 is 14.3 Å². The van der Waals surface area contributed by atoms with Crippen LogP contribution in [0.15, 0.2) is 23.3 Å². The number of amides is 1. The van der Waals surface area contributed by atoms with Gasteiger partial charge in [-0.3, -0.25) is 0 Å². The monoisotopic (exact) mass is 291 g/mol. The molecule has 2 aliphatic rings. The number of ether oxygens (including phenoxy) is 1. The highest BCUT2D eigenvalue weighted by molar-refractivity contribution is 5.69. The van der Waals surface area contributed by atoms with Crippen LogP contribution in [0, 0.1) is 11.8 Å². The van der Waals surface area contributed by atoms with Crippen molar-refractivity contribution in [3.8, 4) is 0 Å². The van der Waals surface area contributed by atoms with Crippen molar-refractivity contribution in [1.82, 2.24) is 5.32 Å². The first-order chi connectivity index (χ1) is 9.80. The summed E-state index contributed by atoms with van der Waals surface area (Å²) < 4.78 is 5.32. The molecule has 0 aromatic carbocycles. The summed E-state index contributed by atoms with van der Waals surface area (Å²) in [4.78, 5) is 23.1. The number of aldehydes is 1. The van der Waals surface area contributed by atoms with E-state index in [2.05, 4.69) is 24.4 Å². The van der Waals surface area contributed by atoms with Crippen LogP contribution in [-0.4, -0.2) is 24.0 Å². The third kappa shape index (κ3) is 3.96. The van der Waals surface area contributed by atoms with Crippen LogP contribution in [0.3, 0.4) is 0 Å². The molecule has 1 fully saturated rings. The number of hydrogen-bond donors (Lipinski definition) is 1. The van der Waals surface area contributed by atoms with E-state index < -0.39 is 5.60 Å². The summed E-state index contributed by atoms with van der Waals surface area (Å²) in [6.45, 7) is 7.65. The van der Waals surface area contributed by atoms with Gasteiger partial charge in [0.15, 0.2) is 0 Å². The van der Waals surface area contributed by atoms with Crippen molar-refractivity contribution in [3.63, 3.8) is 0 Å². The molecule has 1 amide bonds. The van der Waals surface area contributed by atoms with Gasteiger partial charge < -0.3 is 14.8 Å². The van der Waals surface area contributed by atoms with Crippen molar-refractivity contribution in [3.05, 3.63) is 23.3 Å². The molecule has 0 saturated heterocycles. The maximum atomic E-state index is 11.9. The van der Waals surface area contributed by atoms with Crippen molar-refractivity contribution in [2.24, 2.45) is 11.8 Å². The van der Waals surface area contributed by atoms with Gasteiger partial charge >= 0.3 is 6.09 Å². The molecule has 1 N–H and O–H groups in total. The molecule has 3 atom stereocenters. The molecule has 116 valence electrons. The summed E-state index contributed by atoms with van der Waals surface area (Å²) in [6.07, 6.45) is 7.55. The van der Waals surface area contributed by atoms with Crippen molar-refractivity contribution in [2.45, 2.75) is 58.6 Å². The lowest BCUT2D eigenvalue weighted by atomic mass is 9.92. The van der Waals surface area contributed by atoms with Crippen LogP contribution in [0.4, 0.5) is 4.79 Å². The molecular formula is C17H25NO3. The Balaban J connectivity index is 2.08. The summed E-state index contributed by atoms with van der Waals surface area (Å²) in [5.41, 5.74) is 1.88. The van der Waals surface area contributed by atoms with Gasteiger partial charge in [-0.25, -0.2) is 4.79 Å². The van der Waals surface area contributed by atoms with Crippen LogP contribution in [0.5, 0.6) is 0 Å². The van der Waals surface area contributed by atoms with E-state index >= 15 is 0 Å². The highest BCUT2D eigenvalue weighted by atomic mass is 16.6. The first-order valence-electron chi connectivity index (χ1n) is 7.66. The second-order valence-electron chi connectivity index (χ2n) is 7.02. The van der Waals surface area contributed by atoms with E-state index in [0.717, 1.165) is 31.1 Å². The molecule has 21 heavy (non-hydrogen) atoms. The topological polar surface area (TPSA) is 55.4 Å². The zero-order valence-electron chi connectivity index (χ0n) is 13.3. The van der Waals surface area contributed by atoms with E-state index in [4.69, 9.17) is 4.74 Å². The van der Waals surface area contributed by atoms with Gasteiger partial charge in [-0.15, -0.1) is 0 Å². The van der Waals surface area contributed by atoms with Crippen molar-refractivity contribution in [1.29, 1.82) is 0 Å². The van der Waals surface area contributed by atoms with Crippen LogP contribution in [-0.2, 0) is 9.53 Å². The van der Waals surface area contributed by atoms with Crippen LogP contribution in [0.25, 0.3) is 0 Å². The minimum absolute atomic E-state index is 0.00343. The van der Waals surface area contributed by atoms with Gasteiger partial charge in [0.25, 0.3) is 0 Å². The minimum Gasteiger partial charge on any atom is -0.444 e. The maximum Gasteiger partial charge on any atom is 0.408 e. The lowest BCUT2D eigenvalue weighted by Crippen LogP contribution is -2.38. The molecule has 0 aromatic heterocycles. The van der Waals surface area contributed by atoms with E-state index in [1.54, 1.807) is 0 Å². The van der Waals surface area contributed by atoms with Crippen molar-refractivity contribution in [2.75, 3.05) is 0 Å². The molecule has 0 spiro atoms. The molecule has 0 aromatic rings. The first-order valence-corrected chi connectivity index (χ1v) is 7.66. The number of alkyl carbamates (subject to hydrolysis) is 1. The normalized spacial score (nSPS) is 28.9. The van der Waals surface area contributed by atoms with Crippen LogP contribution >= 0.6 is 0 Å². The summed E-state index contributed by atoms with van der Waals surface area (Å²) in [6, 6.07) is 0.00343. The summed E-state index contributed by atoms with van der Waals surface area (Å²) in [5.74, 6) is 0.296. The maximum absolute atomic E-state index is 11.9. The van der Waals surface area contributed by atoms with Crippen LogP contribution in [0.2, 0.25) is 0 Å². The Hall–Kier alpha value is -1.58. The summed E-state index contributed by atoms with van der Waals surface area (Å²) in [5, 5.41) is 2.95. The smallest absolute Gasteiger partial charge is 0.408 e. The highest BCUT2D eigenvalue weighted by Gasteiger charge is 2.31. The third-order valence-electron chi connectivity index (χ3n) is 4.06. The molecule has 0 aliphatic heterocycles. The van der Waals surface area contributed by atoms with Gasteiger partial charge in [0.1, 0.15) is 11.9 Å². The average Bonchev–Trinajstić information content (AvgIpc) is 2.64. The van der Waals surface area contributed by atoms with E-state index in [1.165, 1.54) is 5.57 Å². The number of hydrogen-bond acceptors (Lipinski definition) is 3. The number of nitrogens with one attached hydrogen (secondary N) is 1. The Bertz CT molecular complexity index is 485. The first kappa shape index (κ1) is 15.8. The molecule has 2 rings (SSSR count). The van der Waals surface area contributed by atoms with Gasteiger partial charge in [-0.05, 0) is 57.1 Å². The third-order valence-corrected chi connectivity index (χ3v) is 4.06. The lowest BCUT2D eigenvalue weighted by Gasteiger charge is -2.22.